The third-order valence-electron chi connectivity index (χ3n) is 12.0. The van der Waals surface area contributed by atoms with E-state index in [9.17, 15) is 13.8 Å². The molecular formula is C40H53ClN4O6S. The van der Waals surface area contributed by atoms with Gasteiger partial charge in [-0.1, -0.05) is 36.7 Å². The third kappa shape index (κ3) is 7.74. The quantitative estimate of drug-likeness (QED) is 0.310. The first kappa shape index (κ1) is 37.2. The number of nitrogens with one attached hydrogen (secondary N) is 2. The average molecular weight is 753 g/mol. The maximum Gasteiger partial charge on any atom is 0.327 e. The molecule has 0 aromatic heterocycles. The first-order chi connectivity index (χ1) is 24.9. The van der Waals surface area contributed by atoms with E-state index in [1.165, 1.54) is 11.1 Å². The Bertz CT molecular complexity index is 1840. The Morgan fingerprint density at radius 3 is 2.77 bits per heavy atom. The van der Waals surface area contributed by atoms with Crippen molar-refractivity contribution in [2.24, 2.45) is 22.1 Å². The van der Waals surface area contributed by atoms with Crippen molar-refractivity contribution in [2.75, 3.05) is 44.1 Å². The fourth-order valence-corrected chi connectivity index (χ4v) is 11.3. The summed E-state index contributed by atoms with van der Waals surface area (Å²) in [5, 5.41) is 3.66. The van der Waals surface area contributed by atoms with E-state index in [1.54, 1.807) is 13.2 Å². The molecule has 2 aromatic rings. The van der Waals surface area contributed by atoms with Crippen LogP contribution in [-0.4, -0.2) is 73.1 Å². The number of carbonyl (C=O) groups is 2. The monoisotopic (exact) mass is 752 g/mol. The lowest BCUT2D eigenvalue weighted by Crippen LogP contribution is -2.57. The number of aryl methyl sites for hydroxylation is 1. The van der Waals surface area contributed by atoms with E-state index in [-0.39, 0.29) is 34.8 Å². The molecule has 12 heteroatoms. The van der Waals surface area contributed by atoms with E-state index < -0.39 is 21.9 Å². The summed E-state index contributed by atoms with van der Waals surface area (Å²) in [6.07, 6.45) is 11.2. The molecule has 2 bridgehead atoms. The highest BCUT2D eigenvalue weighted by Gasteiger charge is 2.45. The number of benzene rings is 2. The number of amides is 3. The zero-order chi connectivity index (χ0) is 36.7. The average Bonchev–Trinajstić information content (AvgIpc) is 3.21. The van der Waals surface area contributed by atoms with Gasteiger partial charge in [-0.2, -0.15) is 0 Å². The number of allylic oxidation sites excluding steroid dienone is 1. The Balaban J connectivity index is 1.23. The van der Waals surface area contributed by atoms with Crippen molar-refractivity contribution >= 4 is 39.1 Å². The number of nitrogens with zero attached hydrogens (tertiary/aromatic N) is 2. The number of anilines is 1. The maximum atomic E-state index is 14.5. The summed E-state index contributed by atoms with van der Waals surface area (Å²) in [5.74, 6) is 0.704. The smallest absolute Gasteiger partial charge is 0.327 e. The van der Waals surface area contributed by atoms with E-state index in [0.29, 0.717) is 55.6 Å². The zero-order valence-electron chi connectivity index (χ0n) is 30.8. The van der Waals surface area contributed by atoms with Crippen molar-refractivity contribution in [3.63, 3.8) is 0 Å². The molecule has 2 N–H and O–H groups in total. The normalized spacial score (nSPS) is 35.0. The molecule has 282 valence electrons. The van der Waals surface area contributed by atoms with E-state index in [2.05, 4.69) is 43.6 Å². The van der Waals surface area contributed by atoms with Crippen LogP contribution < -0.4 is 19.7 Å². The van der Waals surface area contributed by atoms with Crippen LogP contribution >= 0.6 is 11.6 Å². The molecule has 3 aliphatic carbocycles. The van der Waals surface area contributed by atoms with Gasteiger partial charge in [-0.05, 0) is 124 Å². The number of carbonyl (C=O) groups excluding carboxylic acids is 2. The fourth-order valence-electron chi connectivity index (χ4n) is 9.28. The van der Waals surface area contributed by atoms with Gasteiger partial charge in [0.05, 0.1) is 29.8 Å². The summed E-state index contributed by atoms with van der Waals surface area (Å²) < 4.78 is 40.0. The maximum absolute atomic E-state index is 14.5. The highest BCUT2D eigenvalue weighted by atomic mass is 35.5. The molecule has 1 spiro atoms. The van der Waals surface area contributed by atoms with Crippen LogP contribution in [0, 0.1) is 17.8 Å². The predicted molar refractivity (Wildman–Crippen MR) is 205 cm³/mol. The van der Waals surface area contributed by atoms with Crippen LogP contribution in [0.1, 0.15) is 87.2 Å². The standard InChI is InChI=1S/C40H53ClN4O6S/c1-5-51-39(3)20-31(21-39)42-38(47)44-52(48)23-26(2)8-6-10-35(49-4)32-14-11-29(32)22-45-24-40(17-7-9-27-18-30(41)13-15-33(27)40)25-50-36-16-12-28(19-34(36)45)37(46)43-52/h6,10,12-13,15-16,18-19,26,29,31-32,35H,5,7-9,11,14,17,20-25H2,1-4H3,(H2,42,43,44,46,47,48)/b10-6-/t26-,29-,31?,32+,35-,39?,40-,52?/m0/s1. The number of urea groups is 1. The van der Waals surface area contributed by atoms with Crippen molar-refractivity contribution in [2.45, 2.75) is 95.3 Å². The lowest BCUT2D eigenvalue weighted by Gasteiger charge is -2.46. The Morgan fingerprint density at radius 1 is 1.19 bits per heavy atom. The van der Waals surface area contributed by atoms with Crippen molar-refractivity contribution in [1.82, 2.24) is 10.0 Å². The highest BCUT2D eigenvalue weighted by molar-refractivity contribution is 7.92. The summed E-state index contributed by atoms with van der Waals surface area (Å²) in [5.41, 5.74) is 3.14. The van der Waals surface area contributed by atoms with Crippen molar-refractivity contribution in [3.8, 4) is 5.75 Å². The van der Waals surface area contributed by atoms with Crippen LogP contribution in [0.4, 0.5) is 10.5 Å². The molecular weight excluding hydrogens is 700 g/mol. The van der Waals surface area contributed by atoms with Crippen LogP contribution in [-0.2, 0) is 31.2 Å². The second-order valence-corrected chi connectivity index (χ2v) is 18.5. The Kier molecular flexibility index (Phi) is 10.7. The molecule has 0 saturated heterocycles. The van der Waals surface area contributed by atoms with Crippen LogP contribution in [0.2, 0.25) is 5.02 Å². The van der Waals surface area contributed by atoms with Gasteiger partial charge >= 0.3 is 6.03 Å². The Morgan fingerprint density at radius 2 is 2.02 bits per heavy atom. The van der Waals surface area contributed by atoms with Gasteiger partial charge in [0.2, 0.25) is 0 Å². The number of rotatable bonds is 5. The van der Waals surface area contributed by atoms with Crippen LogP contribution in [0.25, 0.3) is 0 Å². The topological polar surface area (TPSA) is 119 Å². The minimum absolute atomic E-state index is 0.0215. The minimum Gasteiger partial charge on any atom is -0.490 e. The predicted octanol–water partition coefficient (Wildman–Crippen LogP) is 7.23. The molecule has 52 heavy (non-hydrogen) atoms. The van der Waals surface area contributed by atoms with E-state index >= 15 is 0 Å². The fraction of sp³-hybridized carbons (Fsp3) is 0.600. The summed E-state index contributed by atoms with van der Waals surface area (Å²) in [6.45, 7) is 8.55. The summed E-state index contributed by atoms with van der Waals surface area (Å²) in [7, 11) is -1.73. The number of ether oxygens (including phenoxy) is 3. The van der Waals surface area contributed by atoms with Crippen LogP contribution in [0.15, 0.2) is 52.9 Å². The van der Waals surface area contributed by atoms with Crippen molar-refractivity contribution in [1.29, 1.82) is 0 Å². The number of halogens is 1. The number of fused-ring (bicyclic) bond motifs is 4. The van der Waals surface area contributed by atoms with Gasteiger partial charge in [0.25, 0.3) is 5.91 Å². The second-order valence-electron chi connectivity index (χ2n) is 16.0. The molecule has 2 saturated carbocycles. The van der Waals surface area contributed by atoms with Gasteiger partial charge < -0.3 is 24.4 Å². The molecule has 3 amide bonds. The number of hydrogen-bond acceptors (Lipinski definition) is 7. The highest BCUT2D eigenvalue weighted by Crippen LogP contribution is 2.47. The lowest BCUT2D eigenvalue weighted by atomic mass is 9.68. The van der Waals surface area contributed by atoms with Gasteiger partial charge in [-0.15, -0.1) is 4.36 Å². The molecule has 0 radical (unpaired) electrons. The summed E-state index contributed by atoms with van der Waals surface area (Å²) in [6, 6.07) is 10.9. The Labute approximate surface area is 313 Å². The molecule has 5 aliphatic rings. The molecule has 2 fully saturated rings. The SMILES string of the molecule is CCOC1(C)CC(NC(=O)NS2(=O)=NC(=O)c3ccc4c(c3)N(C[C@@H]3CC[C@H]3[C@@H](OC)/C=C\C[C@H](C)C2)C[C@@]2(CCCc3cc(Cl)ccc32)CO4)C1. The molecule has 2 heterocycles. The molecule has 6 atom stereocenters. The first-order valence-electron chi connectivity index (χ1n) is 18.9. The second kappa shape index (κ2) is 15.0. The van der Waals surface area contributed by atoms with Crippen molar-refractivity contribution < 1.29 is 28.0 Å². The van der Waals surface area contributed by atoms with Gasteiger partial charge in [-0.3, -0.25) is 9.52 Å². The van der Waals surface area contributed by atoms with Gasteiger partial charge in [0.15, 0.2) is 0 Å². The lowest BCUT2D eigenvalue weighted by molar-refractivity contribution is -0.0940. The summed E-state index contributed by atoms with van der Waals surface area (Å²) in [4.78, 5) is 29.6. The minimum atomic E-state index is -3.50. The Hall–Kier alpha value is -3.12. The van der Waals surface area contributed by atoms with Crippen LogP contribution in [0.3, 0.4) is 0 Å². The van der Waals surface area contributed by atoms with Gasteiger partial charge in [0.1, 0.15) is 15.7 Å². The van der Waals surface area contributed by atoms with Gasteiger partial charge in [0, 0.05) is 48.8 Å². The van der Waals surface area contributed by atoms with Crippen LogP contribution in [0.5, 0.6) is 5.75 Å². The molecule has 7 rings (SSSR count). The first-order valence-corrected chi connectivity index (χ1v) is 21.0. The summed E-state index contributed by atoms with van der Waals surface area (Å²) >= 11 is 6.46. The van der Waals surface area contributed by atoms with E-state index in [1.807, 2.05) is 39.0 Å². The van der Waals surface area contributed by atoms with Gasteiger partial charge in [-0.25, -0.2) is 9.00 Å². The molecule has 10 nitrogen and oxygen atoms in total. The molecule has 2 aromatic carbocycles. The van der Waals surface area contributed by atoms with E-state index in [4.69, 9.17) is 25.8 Å². The van der Waals surface area contributed by atoms with E-state index in [0.717, 1.165) is 55.9 Å². The largest absolute Gasteiger partial charge is 0.490 e. The molecule has 2 aliphatic heterocycles. The third-order valence-corrected chi connectivity index (χ3v) is 14.2. The number of methoxy groups -OCH3 is 1. The number of hydrogen-bond donors (Lipinski definition) is 2. The zero-order valence-corrected chi connectivity index (χ0v) is 32.4. The van der Waals surface area contributed by atoms with Crippen molar-refractivity contribution in [3.05, 3.63) is 70.3 Å². The molecule has 1 unspecified atom stereocenters.